The third-order valence-corrected chi connectivity index (χ3v) is 6.14. The van der Waals surface area contributed by atoms with Crippen molar-refractivity contribution >= 4 is 12.0 Å². The number of hydrogen-bond donors (Lipinski definition) is 3. The number of carboxylic acid groups (broad SMARTS) is 1. The van der Waals surface area contributed by atoms with Crippen LogP contribution in [0.15, 0.2) is 35.9 Å². The van der Waals surface area contributed by atoms with Gasteiger partial charge in [-0.1, -0.05) is 48.9 Å². The first-order valence-corrected chi connectivity index (χ1v) is 10.3. The number of aliphatic carboxylic acids is 1. The van der Waals surface area contributed by atoms with Crippen molar-refractivity contribution in [2.45, 2.75) is 58.5 Å². The van der Waals surface area contributed by atoms with Crippen LogP contribution in [0, 0.1) is 17.3 Å². The van der Waals surface area contributed by atoms with Gasteiger partial charge in [0.15, 0.2) is 0 Å². The van der Waals surface area contributed by atoms with E-state index in [0.717, 1.165) is 31.7 Å². The molecule has 2 aliphatic carbocycles. The lowest BCUT2D eigenvalue weighted by Gasteiger charge is -2.37. The van der Waals surface area contributed by atoms with Crippen LogP contribution in [0.25, 0.3) is 6.08 Å². The molecule has 0 heterocycles. The molecular weight excluding hydrogens is 336 g/mol. The smallest absolute Gasteiger partial charge is 0.310 e. The zero-order chi connectivity index (χ0) is 19.4. The highest BCUT2D eigenvalue weighted by Crippen LogP contribution is 2.40. The normalized spacial score (nSPS) is 27.9. The van der Waals surface area contributed by atoms with E-state index in [9.17, 15) is 9.90 Å². The molecule has 3 N–H and O–H groups in total. The number of carboxylic acids is 1. The minimum Gasteiger partial charge on any atom is -0.481 e. The predicted octanol–water partition coefficient (Wildman–Crippen LogP) is 3.94. The van der Waals surface area contributed by atoms with Gasteiger partial charge in [0.25, 0.3) is 0 Å². The Morgan fingerprint density at radius 1 is 1.19 bits per heavy atom. The molecule has 27 heavy (non-hydrogen) atoms. The van der Waals surface area contributed by atoms with Crippen LogP contribution < -0.4 is 10.6 Å². The fraction of sp³-hybridized carbons (Fsp3) is 0.609. The highest BCUT2D eigenvalue weighted by molar-refractivity contribution is 5.73. The van der Waals surface area contributed by atoms with Crippen molar-refractivity contribution in [2.75, 3.05) is 13.1 Å². The molecule has 0 amide bonds. The third kappa shape index (κ3) is 5.43. The van der Waals surface area contributed by atoms with Crippen LogP contribution >= 0.6 is 0 Å². The van der Waals surface area contributed by atoms with Crippen LogP contribution in [0.5, 0.6) is 0 Å². The first-order chi connectivity index (χ1) is 12.9. The minimum absolute atomic E-state index is 0.481. The molecule has 0 radical (unpaired) electrons. The molecule has 3 rings (SSSR count). The zero-order valence-corrected chi connectivity index (χ0v) is 16.9. The summed E-state index contributed by atoms with van der Waals surface area (Å²) >= 11 is 0. The molecule has 1 aromatic rings. The second-order valence-corrected chi connectivity index (χ2v) is 8.94. The molecule has 0 unspecified atom stereocenters. The Morgan fingerprint density at radius 3 is 2.52 bits per heavy atom. The Kier molecular flexibility index (Phi) is 6.38. The van der Waals surface area contributed by atoms with Crippen molar-refractivity contribution < 1.29 is 9.90 Å². The van der Waals surface area contributed by atoms with Crippen LogP contribution in [0.3, 0.4) is 0 Å². The van der Waals surface area contributed by atoms with Crippen molar-refractivity contribution in [3.05, 3.63) is 41.5 Å². The van der Waals surface area contributed by atoms with Crippen LogP contribution in [0.2, 0.25) is 0 Å². The molecule has 0 aliphatic heterocycles. The van der Waals surface area contributed by atoms with Crippen LogP contribution in [0.4, 0.5) is 0 Å². The lowest BCUT2D eigenvalue weighted by Crippen LogP contribution is -2.49. The molecule has 2 aliphatic rings. The molecule has 4 heteroatoms. The Bertz CT molecular complexity index is 662. The SMILES string of the molecule is CC/C(=C\c1ccccc1)[C@@H]1C[C@H]1NCC1CC(NCC(C)(C)C(=O)O)C1. The minimum atomic E-state index is -0.734. The van der Waals surface area contributed by atoms with Gasteiger partial charge in [-0.2, -0.15) is 0 Å². The van der Waals surface area contributed by atoms with E-state index in [2.05, 4.69) is 54.0 Å². The first kappa shape index (κ1) is 20.1. The molecule has 0 aromatic heterocycles. The predicted molar refractivity (Wildman–Crippen MR) is 111 cm³/mol. The van der Waals surface area contributed by atoms with E-state index in [-0.39, 0.29) is 0 Å². The monoisotopic (exact) mass is 370 g/mol. The fourth-order valence-electron chi connectivity index (χ4n) is 3.93. The molecule has 2 atom stereocenters. The lowest BCUT2D eigenvalue weighted by molar-refractivity contribution is -0.146. The average molecular weight is 371 g/mol. The van der Waals surface area contributed by atoms with E-state index in [1.165, 1.54) is 12.0 Å². The second kappa shape index (κ2) is 8.57. The van der Waals surface area contributed by atoms with Gasteiger partial charge in [0, 0.05) is 18.6 Å². The molecule has 0 spiro atoms. The van der Waals surface area contributed by atoms with E-state index in [1.807, 2.05) is 0 Å². The Balaban J connectivity index is 1.35. The van der Waals surface area contributed by atoms with Crippen LogP contribution in [0.1, 0.15) is 52.0 Å². The van der Waals surface area contributed by atoms with Crippen molar-refractivity contribution in [3.8, 4) is 0 Å². The number of hydrogen-bond acceptors (Lipinski definition) is 3. The molecule has 148 valence electrons. The van der Waals surface area contributed by atoms with Gasteiger partial charge in [-0.3, -0.25) is 4.79 Å². The number of nitrogens with one attached hydrogen (secondary N) is 2. The van der Waals surface area contributed by atoms with Gasteiger partial charge in [0.2, 0.25) is 0 Å². The van der Waals surface area contributed by atoms with Crippen molar-refractivity contribution in [2.24, 2.45) is 17.3 Å². The van der Waals surface area contributed by atoms with E-state index in [1.54, 1.807) is 19.4 Å². The van der Waals surface area contributed by atoms with Gasteiger partial charge in [0.05, 0.1) is 5.41 Å². The summed E-state index contributed by atoms with van der Waals surface area (Å²) < 4.78 is 0. The summed E-state index contributed by atoms with van der Waals surface area (Å²) in [7, 11) is 0. The van der Waals surface area contributed by atoms with Gasteiger partial charge >= 0.3 is 5.97 Å². The van der Waals surface area contributed by atoms with Crippen molar-refractivity contribution in [1.29, 1.82) is 0 Å². The van der Waals surface area contributed by atoms with Crippen molar-refractivity contribution in [1.82, 2.24) is 10.6 Å². The summed E-state index contributed by atoms with van der Waals surface area (Å²) in [4.78, 5) is 11.2. The van der Waals surface area contributed by atoms with E-state index >= 15 is 0 Å². The van der Waals surface area contributed by atoms with E-state index in [4.69, 9.17) is 0 Å². The van der Waals surface area contributed by atoms with E-state index < -0.39 is 11.4 Å². The Hall–Kier alpha value is -1.65. The summed E-state index contributed by atoms with van der Waals surface area (Å²) in [5.41, 5.74) is 2.17. The maximum Gasteiger partial charge on any atom is 0.310 e. The van der Waals surface area contributed by atoms with Gasteiger partial charge in [0.1, 0.15) is 0 Å². The van der Waals surface area contributed by atoms with Gasteiger partial charge in [-0.25, -0.2) is 0 Å². The van der Waals surface area contributed by atoms with Crippen LogP contribution in [-0.4, -0.2) is 36.2 Å². The molecule has 4 nitrogen and oxygen atoms in total. The van der Waals surface area contributed by atoms with E-state index in [0.29, 0.717) is 24.5 Å². The Morgan fingerprint density at radius 2 is 1.89 bits per heavy atom. The van der Waals surface area contributed by atoms with Crippen LogP contribution in [-0.2, 0) is 4.79 Å². The molecule has 2 saturated carbocycles. The zero-order valence-electron chi connectivity index (χ0n) is 16.9. The number of benzene rings is 1. The number of rotatable bonds is 10. The topological polar surface area (TPSA) is 61.4 Å². The molecule has 2 fully saturated rings. The maximum absolute atomic E-state index is 11.2. The summed E-state index contributed by atoms with van der Waals surface area (Å²) in [6.45, 7) is 7.44. The summed E-state index contributed by atoms with van der Waals surface area (Å²) in [6, 6.07) is 11.7. The molecule has 0 bridgehead atoms. The largest absolute Gasteiger partial charge is 0.481 e. The highest BCUT2D eigenvalue weighted by atomic mass is 16.4. The maximum atomic E-state index is 11.2. The quantitative estimate of drug-likeness (QED) is 0.584. The molecule has 0 saturated heterocycles. The molecule has 1 aromatic carbocycles. The summed E-state index contributed by atoms with van der Waals surface area (Å²) in [6.07, 6.45) is 7.04. The Labute approximate surface area is 163 Å². The van der Waals surface area contributed by atoms with Crippen molar-refractivity contribution in [3.63, 3.8) is 0 Å². The lowest BCUT2D eigenvalue weighted by atomic mass is 9.79. The standard InChI is InChI=1S/C23H34N2O2/c1-4-18(10-16-8-6-5-7-9-16)20-13-21(20)24-14-17-11-19(12-17)25-15-23(2,3)22(26)27/h5-10,17,19-21,24-25H,4,11-15H2,1-3H3,(H,26,27)/b18-10+/t17?,19?,20-,21+/m0/s1. The number of carbonyl (C=O) groups is 1. The highest BCUT2D eigenvalue weighted by Gasteiger charge is 2.40. The third-order valence-electron chi connectivity index (χ3n) is 6.14. The van der Waals surface area contributed by atoms with Gasteiger partial charge in [-0.05, 0) is 63.5 Å². The average Bonchev–Trinajstić information content (AvgIpc) is 3.38. The van der Waals surface area contributed by atoms with Gasteiger partial charge in [-0.15, -0.1) is 0 Å². The first-order valence-electron chi connectivity index (χ1n) is 10.3. The molecular formula is C23H34N2O2. The second-order valence-electron chi connectivity index (χ2n) is 8.94. The summed E-state index contributed by atoms with van der Waals surface area (Å²) in [5, 5.41) is 16.4. The van der Waals surface area contributed by atoms with Gasteiger partial charge < -0.3 is 15.7 Å². The summed E-state index contributed by atoms with van der Waals surface area (Å²) in [5.74, 6) is 0.683. The fourth-order valence-corrected chi connectivity index (χ4v) is 3.93.